The number of aromatic nitrogens is 2. The van der Waals surface area contributed by atoms with Crippen molar-refractivity contribution in [2.24, 2.45) is 20.0 Å². The van der Waals surface area contributed by atoms with Gasteiger partial charge in [0.25, 0.3) is 0 Å². The van der Waals surface area contributed by atoms with Gasteiger partial charge in [-0.1, -0.05) is 36.4 Å². The van der Waals surface area contributed by atoms with Crippen LogP contribution in [0.5, 0.6) is 0 Å². The van der Waals surface area contributed by atoms with E-state index in [-0.39, 0.29) is 0 Å². The molecule has 7 nitrogen and oxygen atoms in total. The van der Waals surface area contributed by atoms with Gasteiger partial charge < -0.3 is 9.97 Å². The molecule has 146 valence electrons. The Labute approximate surface area is 176 Å². The zero-order chi connectivity index (χ0) is 20.4. The molecule has 0 aliphatic carbocycles. The molecule has 31 heavy (non-hydrogen) atoms. The summed E-state index contributed by atoms with van der Waals surface area (Å²) < 4.78 is 0. The van der Waals surface area contributed by atoms with Crippen molar-refractivity contribution in [1.29, 1.82) is 0 Å². The van der Waals surface area contributed by atoms with Gasteiger partial charge in [0, 0.05) is 34.3 Å². The summed E-state index contributed by atoms with van der Waals surface area (Å²) in [5, 5.41) is 2.29. The van der Waals surface area contributed by atoms with E-state index < -0.39 is 0 Å². The number of rotatable bonds is 2. The molecule has 0 fully saturated rings. The average Bonchev–Trinajstić information content (AvgIpc) is 3.48. The highest BCUT2D eigenvalue weighted by molar-refractivity contribution is 6.25. The van der Waals surface area contributed by atoms with Crippen LogP contribution in [0, 0.1) is 0 Å². The van der Waals surface area contributed by atoms with Crippen molar-refractivity contribution in [3.05, 3.63) is 89.9 Å². The first-order chi connectivity index (χ1) is 15.3. The first-order valence-corrected chi connectivity index (χ1v) is 9.99. The van der Waals surface area contributed by atoms with Crippen molar-refractivity contribution < 1.29 is 0 Å². The smallest absolute Gasteiger partial charge is 0.239 e. The van der Waals surface area contributed by atoms with Crippen LogP contribution in [0.4, 0.5) is 0 Å². The molecule has 0 saturated carbocycles. The number of aromatic amines is 2. The van der Waals surface area contributed by atoms with Gasteiger partial charge in [0.1, 0.15) is 6.34 Å². The highest BCUT2D eigenvalue weighted by Crippen LogP contribution is 2.33. The summed E-state index contributed by atoms with van der Waals surface area (Å²) in [6.07, 6.45) is 9.55. The maximum Gasteiger partial charge on any atom is 0.239 e. The molecule has 0 amide bonds. The van der Waals surface area contributed by atoms with Crippen molar-refractivity contribution >= 4 is 51.5 Å². The van der Waals surface area contributed by atoms with Crippen LogP contribution >= 0.6 is 0 Å². The van der Waals surface area contributed by atoms with Crippen molar-refractivity contribution in [1.82, 2.24) is 14.9 Å². The molecule has 3 aliphatic heterocycles. The number of hydrogen-bond donors (Lipinski definition) is 2. The summed E-state index contributed by atoms with van der Waals surface area (Å²) in [7, 11) is 0. The topological polar surface area (TPSA) is 84.3 Å². The maximum absolute atomic E-state index is 4.81. The van der Waals surface area contributed by atoms with Gasteiger partial charge in [-0.2, -0.15) is 0 Å². The Morgan fingerprint density at radius 1 is 0.710 bits per heavy atom. The molecule has 7 heteroatoms. The van der Waals surface area contributed by atoms with Gasteiger partial charge in [-0.3, -0.25) is 0 Å². The van der Waals surface area contributed by atoms with Crippen LogP contribution in [-0.4, -0.2) is 38.8 Å². The van der Waals surface area contributed by atoms with E-state index in [9.17, 15) is 0 Å². The molecule has 0 bridgehead atoms. The standard InChI is InChI=1S/C24H15N7/c1-3-14-7-9-25-21(14)17(5-1)19-11-16-12-20(18-6-2-4-15-8-10-26-22(15)18)30-24-28-13-27-23(29-19)31(16)24/h1-13,25-26H. The fourth-order valence-electron chi connectivity index (χ4n) is 4.33. The molecule has 5 heterocycles. The number of benzene rings is 2. The summed E-state index contributed by atoms with van der Waals surface area (Å²) in [5.74, 6) is 1.14. The van der Waals surface area contributed by atoms with Crippen LogP contribution < -0.4 is 0 Å². The Hall–Kier alpha value is -4.52. The summed E-state index contributed by atoms with van der Waals surface area (Å²) in [5.41, 5.74) is 6.82. The van der Waals surface area contributed by atoms with Crippen LogP contribution in [0.3, 0.4) is 0 Å². The van der Waals surface area contributed by atoms with Crippen LogP contribution in [0.1, 0.15) is 11.1 Å². The second-order valence-electron chi connectivity index (χ2n) is 7.51. The first-order valence-electron chi connectivity index (χ1n) is 9.99. The van der Waals surface area contributed by atoms with Crippen LogP contribution in [0.25, 0.3) is 27.5 Å². The Bertz CT molecular complexity index is 1510. The number of para-hydroxylation sites is 2. The van der Waals surface area contributed by atoms with Crippen LogP contribution in [-0.2, 0) is 0 Å². The third kappa shape index (κ3) is 2.34. The van der Waals surface area contributed by atoms with Gasteiger partial charge in [-0.15, -0.1) is 0 Å². The van der Waals surface area contributed by atoms with E-state index >= 15 is 0 Å². The van der Waals surface area contributed by atoms with Crippen molar-refractivity contribution in [2.75, 3.05) is 0 Å². The molecule has 2 aromatic heterocycles. The fraction of sp³-hybridized carbons (Fsp3) is 0. The zero-order valence-electron chi connectivity index (χ0n) is 16.2. The summed E-state index contributed by atoms with van der Waals surface area (Å²) in [6.45, 7) is 0. The Morgan fingerprint density at radius 2 is 1.45 bits per heavy atom. The average molecular weight is 401 g/mol. The third-order valence-corrected chi connectivity index (χ3v) is 5.74. The molecule has 2 N–H and O–H groups in total. The van der Waals surface area contributed by atoms with Gasteiger partial charge in [0.2, 0.25) is 11.9 Å². The number of nitrogens with one attached hydrogen (secondary N) is 2. The quantitative estimate of drug-likeness (QED) is 0.511. The largest absolute Gasteiger partial charge is 0.361 e. The highest BCUT2D eigenvalue weighted by Gasteiger charge is 2.31. The lowest BCUT2D eigenvalue weighted by molar-refractivity contribution is 0.738. The van der Waals surface area contributed by atoms with Crippen molar-refractivity contribution in [3.8, 4) is 0 Å². The number of nitrogens with zero attached hydrogens (tertiary/aromatic N) is 5. The zero-order valence-corrected chi connectivity index (χ0v) is 16.2. The summed E-state index contributed by atoms with van der Waals surface area (Å²) in [4.78, 5) is 27.0. The number of guanidine groups is 2. The minimum atomic E-state index is 0.568. The van der Waals surface area contributed by atoms with Gasteiger partial charge in [0.15, 0.2) is 0 Å². The van der Waals surface area contributed by atoms with Gasteiger partial charge >= 0.3 is 0 Å². The van der Waals surface area contributed by atoms with E-state index in [1.54, 1.807) is 0 Å². The fourth-order valence-corrected chi connectivity index (χ4v) is 4.33. The molecular weight excluding hydrogens is 386 g/mol. The van der Waals surface area contributed by atoms with Crippen molar-refractivity contribution in [3.63, 3.8) is 0 Å². The second-order valence-corrected chi connectivity index (χ2v) is 7.51. The number of hydrogen-bond acceptors (Lipinski definition) is 5. The highest BCUT2D eigenvalue weighted by atomic mass is 15.4. The monoisotopic (exact) mass is 401 g/mol. The lowest BCUT2D eigenvalue weighted by atomic mass is 10.0. The Morgan fingerprint density at radius 3 is 2.26 bits per heavy atom. The lowest BCUT2D eigenvalue weighted by Gasteiger charge is -2.31. The first kappa shape index (κ1) is 16.3. The molecule has 2 aromatic carbocycles. The van der Waals surface area contributed by atoms with Gasteiger partial charge in [-0.25, -0.2) is 24.9 Å². The number of fused-ring (bicyclic) bond motifs is 2. The molecule has 0 atom stereocenters. The minimum Gasteiger partial charge on any atom is -0.361 e. The maximum atomic E-state index is 4.81. The van der Waals surface area contributed by atoms with E-state index in [2.05, 4.69) is 68.5 Å². The molecule has 7 rings (SSSR count). The Kier molecular flexibility index (Phi) is 3.15. The van der Waals surface area contributed by atoms with Crippen molar-refractivity contribution in [2.45, 2.75) is 0 Å². The van der Waals surface area contributed by atoms with Crippen LogP contribution in [0.2, 0.25) is 0 Å². The van der Waals surface area contributed by atoms with Gasteiger partial charge in [-0.05, 0) is 24.3 Å². The molecule has 0 saturated heterocycles. The van der Waals surface area contributed by atoms with E-state index in [0.29, 0.717) is 11.9 Å². The number of aliphatic imine (C=N–C) groups is 4. The molecular formula is C24H15N7. The minimum absolute atomic E-state index is 0.568. The molecule has 4 aromatic rings. The number of H-pyrrole nitrogens is 2. The predicted octanol–water partition coefficient (Wildman–Crippen LogP) is 4.45. The van der Waals surface area contributed by atoms with Crippen LogP contribution in [0.15, 0.2) is 98.7 Å². The SMILES string of the molecule is C1=NC2=NC(c3cccc4cc[nH]c34)=CC3=CC(c4cccc5cc[nH]c45)=NC(=N1)N32. The Balaban J connectivity index is 1.44. The predicted molar refractivity (Wildman–Crippen MR) is 124 cm³/mol. The summed E-state index contributed by atoms with van der Waals surface area (Å²) in [6, 6.07) is 16.5. The summed E-state index contributed by atoms with van der Waals surface area (Å²) >= 11 is 0. The molecule has 0 radical (unpaired) electrons. The lowest BCUT2D eigenvalue weighted by Crippen LogP contribution is -2.40. The van der Waals surface area contributed by atoms with E-state index in [1.807, 2.05) is 29.4 Å². The van der Waals surface area contributed by atoms with E-state index in [0.717, 1.165) is 50.0 Å². The molecule has 3 aliphatic rings. The third-order valence-electron chi connectivity index (χ3n) is 5.74. The van der Waals surface area contributed by atoms with E-state index in [4.69, 9.17) is 9.98 Å². The number of allylic oxidation sites excluding steroid dienone is 2. The van der Waals surface area contributed by atoms with E-state index in [1.165, 1.54) is 6.34 Å². The second kappa shape index (κ2) is 5.99. The molecule has 0 spiro atoms. The normalized spacial score (nSPS) is 17.2. The van der Waals surface area contributed by atoms with Gasteiger partial charge in [0.05, 0.1) is 28.1 Å². The molecule has 0 unspecified atom stereocenters.